The van der Waals surface area contributed by atoms with Gasteiger partial charge in [0.25, 0.3) is 0 Å². The number of phenols is 1. The average molecular weight is 224 g/mol. The summed E-state index contributed by atoms with van der Waals surface area (Å²) >= 11 is 0. The van der Waals surface area contributed by atoms with Crippen LogP contribution in [-0.2, 0) is 0 Å². The summed E-state index contributed by atoms with van der Waals surface area (Å²) in [6.07, 6.45) is 1.93. The first kappa shape index (κ1) is 9.78. The number of aromatic hydroxyl groups is 1. The largest absolute Gasteiger partial charge is 0.508 e. The molecule has 0 spiro atoms. The zero-order valence-corrected chi connectivity index (χ0v) is 9.14. The molecule has 3 N–H and O–H groups in total. The van der Waals surface area contributed by atoms with Crippen LogP contribution in [0.3, 0.4) is 0 Å². The van der Waals surface area contributed by atoms with Crippen LogP contribution in [0, 0.1) is 0 Å². The van der Waals surface area contributed by atoms with Crippen molar-refractivity contribution in [2.45, 2.75) is 0 Å². The Hall–Kier alpha value is -2.42. The van der Waals surface area contributed by atoms with Gasteiger partial charge in [0.15, 0.2) is 0 Å². The van der Waals surface area contributed by atoms with Crippen LogP contribution in [0.15, 0.2) is 54.7 Å². The summed E-state index contributed by atoms with van der Waals surface area (Å²) in [6.45, 7) is 0. The second kappa shape index (κ2) is 3.87. The van der Waals surface area contributed by atoms with Crippen molar-refractivity contribution in [2.75, 3.05) is 5.32 Å². The normalized spacial score (nSPS) is 10.6. The van der Waals surface area contributed by atoms with Crippen LogP contribution in [0.5, 0.6) is 5.75 Å². The minimum absolute atomic E-state index is 0.275. The number of hydrogen-bond acceptors (Lipinski definition) is 2. The van der Waals surface area contributed by atoms with Crippen LogP contribution < -0.4 is 5.32 Å². The lowest BCUT2D eigenvalue weighted by molar-refractivity contribution is 0.475. The van der Waals surface area contributed by atoms with E-state index in [1.807, 2.05) is 36.5 Å². The molecule has 0 fully saturated rings. The van der Waals surface area contributed by atoms with E-state index in [-0.39, 0.29) is 5.75 Å². The Morgan fingerprint density at radius 1 is 0.882 bits per heavy atom. The maximum atomic E-state index is 9.20. The fourth-order valence-corrected chi connectivity index (χ4v) is 1.84. The standard InChI is InChI=1S/C14H12N2O/c17-13-4-1-11(2-5-13)16-12-3-6-14-10(9-12)7-8-15-14/h1-9,15-17H. The quantitative estimate of drug-likeness (QED) is 0.582. The van der Waals surface area contributed by atoms with E-state index in [2.05, 4.69) is 16.4 Å². The van der Waals surface area contributed by atoms with Crippen molar-refractivity contribution in [3.8, 4) is 5.75 Å². The lowest BCUT2D eigenvalue weighted by Crippen LogP contribution is -1.88. The fourth-order valence-electron chi connectivity index (χ4n) is 1.84. The fraction of sp³-hybridized carbons (Fsp3) is 0. The van der Waals surface area contributed by atoms with Gasteiger partial charge in [-0.05, 0) is 48.5 Å². The minimum Gasteiger partial charge on any atom is -0.508 e. The number of aromatic amines is 1. The van der Waals surface area contributed by atoms with Crippen molar-refractivity contribution in [3.63, 3.8) is 0 Å². The number of rotatable bonds is 2. The van der Waals surface area contributed by atoms with Crippen LogP contribution in [0.1, 0.15) is 0 Å². The number of nitrogens with one attached hydrogen (secondary N) is 2. The number of hydrogen-bond donors (Lipinski definition) is 3. The van der Waals surface area contributed by atoms with E-state index in [1.54, 1.807) is 12.1 Å². The first-order chi connectivity index (χ1) is 8.31. The zero-order valence-electron chi connectivity index (χ0n) is 9.14. The van der Waals surface area contributed by atoms with Gasteiger partial charge < -0.3 is 15.4 Å². The SMILES string of the molecule is Oc1ccc(Nc2ccc3[nH]ccc3c2)cc1. The second-order valence-electron chi connectivity index (χ2n) is 3.95. The molecule has 1 aromatic heterocycles. The Balaban J connectivity index is 1.91. The molecule has 3 nitrogen and oxygen atoms in total. The summed E-state index contributed by atoms with van der Waals surface area (Å²) in [5.74, 6) is 0.275. The summed E-state index contributed by atoms with van der Waals surface area (Å²) in [6, 6.07) is 15.2. The molecule has 0 aliphatic heterocycles. The van der Waals surface area contributed by atoms with Crippen LogP contribution in [0.4, 0.5) is 11.4 Å². The lowest BCUT2D eigenvalue weighted by Gasteiger charge is -2.06. The van der Waals surface area contributed by atoms with Gasteiger partial charge in [0.2, 0.25) is 0 Å². The Labute approximate surface area is 98.7 Å². The molecule has 0 radical (unpaired) electrons. The number of fused-ring (bicyclic) bond motifs is 1. The zero-order chi connectivity index (χ0) is 11.7. The third-order valence-corrected chi connectivity index (χ3v) is 2.71. The smallest absolute Gasteiger partial charge is 0.115 e. The molecule has 0 unspecified atom stereocenters. The summed E-state index contributed by atoms with van der Waals surface area (Å²) in [7, 11) is 0. The van der Waals surface area contributed by atoms with Gasteiger partial charge in [0.05, 0.1) is 0 Å². The summed E-state index contributed by atoms with van der Waals surface area (Å²) in [4.78, 5) is 3.16. The highest BCUT2D eigenvalue weighted by molar-refractivity contribution is 5.84. The van der Waals surface area contributed by atoms with Crippen molar-refractivity contribution >= 4 is 22.3 Å². The number of anilines is 2. The molecule has 3 heteroatoms. The van der Waals surface area contributed by atoms with E-state index >= 15 is 0 Å². The number of H-pyrrole nitrogens is 1. The van der Waals surface area contributed by atoms with E-state index in [0.717, 1.165) is 16.9 Å². The molecule has 0 aliphatic rings. The van der Waals surface area contributed by atoms with Gasteiger partial charge in [0, 0.05) is 28.5 Å². The van der Waals surface area contributed by atoms with E-state index in [9.17, 15) is 5.11 Å². The van der Waals surface area contributed by atoms with Crippen molar-refractivity contribution in [1.82, 2.24) is 4.98 Å². The monoisotopic (exact) mass is 224 g/mol. The molecule has 3 aromatic rings. The topological polar surface area (TPSA) is 48.0 Å². The highest BCUT2D eigenvalue weighted by Gasteiger charge is 1.98. The number of aromatic nitrogens is 1. The molecule has 1 heterocycles. The molecule has 0 atom stereocenters. The van der Waals surface area contributed by atoms with Crippen molar-refractivity contribution in [1.29, 1.82) is 0 Å². The van der Waals surface area contributed by atoms with Gasteiger partial charge in [-0.2, -0.15) is 0 Å². The summed E-state index contributed by atoms with van der Waals surface area (Å²) < 4.78 is 0. The molecule has 3 rings (SSSR count). The molecular weight excluding hydrogens is 212 g/mol. The molecule has 84 valence electrons. The summed E-state index contributed by atoms with van der Waals surface area (Å²) in [5, 5.41) is 13.7. The van der Waals surface area contributed by atoms with Crippen LogP contribution in [0.25, 0.3) is 10.9 Å². The minimum atomic E-state index is 0.275. The molecule has 0 bridgehead atoms. The molecule has 0 saturated carbocycles. The first-order valence-electron chi connectivity index (χ1n) is 5.44. The van der Waals surface area contributed by atoms with Gasteiger partial charge in [-0.25, -0.2) is 0 Å². The maximum Gasteiger partial charge on any atom is 0.115 e. The predicted molar refractivity (Wildman–Crippen MR) is 69.7 cm³/mol. The maximum absolute atomic E-state index is 9.20. The molecule has 0 saturated heterocycles. The van der Waals surface area contributed by atoms with Gasteiger partial charge in [-0.15, -0.1) is 0 Å². The summed E-state index contributed by atoms with van der Waals surface area (Å²) in [5.41, 5.74) is 3.11. The Bertz CT molecular complexity index is 641. The third-order valence-electron chi connectivity index (χ3n) is 2.71. The average Bonchev–Trinajstić information content (AvgIpc) is 2.79. The highest BCUT2D eigenvalue weighted by atomic mass is 16.3. The van der Waals surface area contributed by atoms with Gasteiger partial charge in [-0.1, -0.05) is 0 Å². The highest BCUT2D eigenvalue weighted by Crippen LogP contribution is 2.22. The van der Waals surface area contributed by atoms with E-state index < -0.39 is 0 Å². The van der Waals surface area contributed by atoms with Crippen molar-refractivity contribution < 1.29 is 5.11 Å². The van der Waals surface area contributed by atoms with Crippen LogP contribution >= 0.6 is 0 Å². The number of benzene rings is 2. The van der Waals surface area contributed by atoms with Crippen LogP contribution in [-0.4, -0.2) is 10.1 Å². The van der Waals surface area contributed by atoms with E-state index in [1.165, 1.54) is 5.39 Å². The molecule has 0 aliphatic carbocycles. The molecule has 2 aromatic carbocycles. The predicted octanol–water partition coefficient (Wildman–Crippen LogP) is 3.62. The van der Waals surface area contributed by atoms with Gasteiger partial charge >= 0.3 is 0 Å². The second-order valence-corrected chi connectivity index (χ2v) is 3.95. The van der Waals surface area contributed by atoms with Gasteiger partial charge in [0.1, 0.15) is 5.75 Å². The Morgan fingerprint density at radius 3 is 2.47 bits per heavy atom. The van der Waals surface area contributed by atoms with Gasteiger partial charge in [-0.3, -0.25) is 0 Å². The molecule has 17 heavy (non-hydrogen) atoms. The van der Waals surface area contributed by atoms with E-state index in [0.29, 0.717) is 0 Å². The number of phenolic OH excluding ortho intramolecular Hbond substituents is 1. The third kappa shape index (κ3) is 1.95. The Morgan fingerprint density at radius 2 is 1.65 bits per heavy atom. The molecular formula is C14H12N2O. The van der Waals surface area contributed by atoms with Crippen molar-refractivity contribution in [3.05, 3.63) is 54.7 Å². The van der Waals surface area contributed by atoms with Crippen LogP contribution in [0.2, 0.25) is 0 Å². The lowest BCUT2D eigenvalue weighted by atomic mass is 10.2. The Kier molecular flexibility index (Phi) is 2.22. The first-order valence-corrected chi connectivity index (χ1v) is 5.44. The van der Waals surface area contributed by atoms with E-state index in [4.69, 9.17) is 0 Å². The molecule has 0 amide bonds. The van der Waals surface area contributed by atoms with Crippen molar-refractivity contribution in [2.24, 2.45) is 0 Å².